The van der Waals surface area contributed by atoms with Crippen molar-refractivity contribution >= 4 is 39.6 Å². The number of carbonyl (C=O) groups is 2. The van der Waals surface area contributed by atoms with Crippen molar-refractivity contribution in [1.82, 2.24) is 5.43 Å². The average molecular weight is 446 g/mol. The van der Waals surface area contributed by atoms with E-state index in [0.717, 1.165) is 30.2 Å². The van der Waals surface area contributed by atoms with Gasteiger partial charge in [0, 0.05) is 27.7 Å². The third kappa shape index (κ3) is 7.15. The molecule has 2 rings (SSSR count). The van der Waals surface area contributed by atoms with Crippen LogP contribution in [0, 0.1) is 0 Å². The van der Waals surface area contributed by atoms with E-state index >= 15 is 0 Å². The highest BCUT2D eigenvalue weighted by molar-refractivity contribution is 9.10. The number of anilines is 1. The van der Waals surface area contributed by atoms with E-state index in [2.05, 4.69) is 38.7 Å². The molecule has 7 heteroatoms. The van der Waals surface area contributed by atoms with Crippen LogP contribution in [0.3, 0.4) is 0 Å². The highest BCUT2D eigenvalue weighted by atomic mass is 79.9. The minimum atomic E-state index is -0.412. The van der Waals surface area contributed by atoms with E-state index in [1.807, 2.05) is 0 Å². The fraction of sp³-hybridized carbons (Fsp3) is 0.286. The molecule has 0 aliphatic heterocycles. The molecule has 0 heterocycles. The van der Waals surface area contributed by atoms with E-state index in [4.69, 9.17) is 0 Å². The lowest BCUT2D eigenvalue weighted by Gasteiger charge is -2.07. The van der Waals surface area contributed by atoms with E-state index in [-0.39, 0.29) is 11.7 Å². The predicted molar refractivity (Wildman–Crippen MR) is 115 cm³/mol. The molecule has 0 saturated carbocycles. The van der Waals surface area contributed by atoms with E-state index < -0.39 is 5.91 Å². The zero-order valence-corrected chi connectivity index (χ0v) is 17.3. The van der Waals surface area contributed by atoms with Gasteiger partial charge in [-0.15, -0.1) is 0 Å². The lowest BCUT2D eigenvalue weighted by atomic mass is 10.1. The van der Waals surface area contributed by atoms with Crippen molar-refractivity contribution in [3.8, 4) is 5.75 Å². The molecule has 0 aliphatic rings. The number of hydrogen-bond donors (Lipinski definition) is 3. The fourth-order valence-electron chi connectivity index (χ4n) is 2.53. The number of benzene rings is 2. The monoisotopic (exact) mass is 445 g/mol. The van der Waals surface area contributed by atoms with Crippen molar-refractivity contribution in [2.24, 2.45) is 5.10 Å². The van der Waals surface area contributed by atoms with Gasteiger partial charge in [-0.25, -0.2) is 5.43 Å². The summed E-state index contributed by atoms with van der Waals surface area (Å²) in [6, 6.07) is 11.6. The Morgan fingerprint density at radius 3 is 2.75 bits per heavy atom. The van der Waals surface area contributed by atoms with E-state index in [9.17, 15) is 14.7 Å². The Kier molecular flexibility index (Phi) is 8.68. The molecule has 6 nitrogen and oxygen atoms in total. The lowest BCUT2D eigenvalue weighted by Crippen LogP contribution is -2.18. The standard InChI is InChI=1S/C21H24BrN3O3/c1-2-3-4-5-9-20(27)24-18-8-6-7-15(13-18)21(28)25-23-14-16-12-17(22)10-11-19(16)26/h6-8,10-14,26H,2-5,9H2,1H3,(H,24,27)(H,25,28)/b23-14-. The first-order chi connectivity index (χ1) is 13.5. The van der Waals surface area contributed by atoms with Gasteiger partial charge < -0.3 is 10.4 Å². The summed E-state index contributed by atoms with van der Waals surface area (Å²) in [6.45, 7) is 2.13. The first-order valence-electron chi connectivity index (χ1n) is 9.21. The lowest BCUT2D eigenvalue weighted by molar-refractivity contribution is -0.116. The number of amides is 2. The molecule has 0 aliphatic carbocycles. The SMILES string of the molecule is CCCCCCC(=O)Nc1cccc(C(=O)N/N=C\c2cc(Br)ccc2O)c1. The number of hydrazone groups is 1. The first kappa shape index (κ1) is 21.6. The number of carbonyl (C=O) groups excluding carboxylic acids is 2. The van der Waals surface area contributed by atoms with Crippen LogP contribution in [0.4, 0.5) is 5.69 Å². The quantitative estimate of drug-likeness (QED) is 0.293. The maximum absolute atomic E-state index is 12.3. The van der Waals surface area contributed by atoms with Gasteiger partial charge in [-0.05, 0) is 42.8 Å². The second kappa shape index (κ2) is 11.2. The Bertz CT molecular complexity index is 853. The van der Waals surface area contributed by atoms with Gasteiger partial charge in [0.15, 0.2) is 0 Å². The number of nitrogens with zero attached hydrogens (tertiary/aromatic N) is 1. The largest absolute Gasteiger partial charge is 0.507 e. The van der Waals surface area contributed by atoms with Gasteiger partial charge in [-0.1, -0.05) is 48.2 Å². The molecule has 0 unspecified atom stereocenters. The fourth-order valence-corrected chi connectivity index (χ4v) is 2.91. The second-order valence-corrected chi connectivity index (χ2v) is 7.26. The van der Waals surface area contributed by atoms with Crippen LogP contribution < -0.4 is 10.7 Å². The van der Waals surface area contributed by atoms with Crippen LogP contribution in [0.25, 0.3) is 0 Å². The molecule has 0 bridgehead atoms. The predicted octanol–water partition coefficient (Wildman–Crippen LogP) is 4.83. The number of halogens is 1. The number of hydrogen-bond acceptors (Lipinski definition) is 4. The highest BCUT2D eigenvalue weighted by Gasteiger charge is 2.08. The Hall–Kier alpha value is -2.67. The summed E-state index contributed by atoms with van der Waals surface area (Å²) in [4.78, 5) is 24.2. The van der Waals surface area contributed by atoms with Crippen molar-refractivity contribution < 1.29 is 14.7 Å². The smallest absolute Gasteiger partial charge is 0.271 e. The zero-order chi connectivity index (χ0) is 20.4. The van der Waals surface area contributed by atoms with Crippen LogP contribution >= 0.6 is 15.9 Å². The summed E-state index contributed by atoms with van der Waals surface area (Å²) in [5, 5.41) is 16.5. The van der Waals surface area contributed by atoms with Crippen LogP contribution in [0.15, 0.2) is 52.0 Å². The van der Waals surface area contributed by atoms with Crippen LogP contribution in [0.2, 0.25) is 0 Å². The Morgan fingerprint density at radius 1 is 1.14 bits per heavy atom. The number of aromatic hydroxyl groups is 1. The molecule has 0 saturated heterocycles. The second-order valence-electron chi connectivity index (χ2n) is 6.34. The van der Waals surface area contributed by atoms with Gasteiger partial charge >= 0.3 is 0 Å². The first-order valence-corrected chi connectivity index (χ1v) is 10.0. The number of nitrogens with one attached hydrogen (secondary N) is 2. The van der Waals surface area contributed by atoms with Gasteiger partial charge in [-0.3, -0.25) is 9.59 Å². The van der Waals surface area contributed by atoms with Crippen LogP contribution in [-0.2, 0) is 4.79 Å². The molecule has 0 aromatic heterocycles. The van der Waals surface area contributed by atoms with E-state index in [1.165, 1.54) is 12.3 Å². The molecule has 0 spiro atoms. The van der Waals surface area contributed by atoms with Gasteiger partial charge in [0.05, 0.1) is 6.21 Å². The highest BCUT2D eigenvalue weighted by Crippen LogP contribution is 2.20. The maximum Gasteiger partial charge on any atom is 0.271 e. The Labute approximate surface area is 173 Å². The Balaban J connectivity index is 1.91. The Morgan fingerprint density at radius 2 is 1.96 bits per heavy atom. The maximum atomic E-state index is 12.3. The summed E-state index contributed by atoms with van der Waals surface area (Å²) < 4.78 is 0.788. The van der Waals surface area contributed by atoms with Gasteiger partial charge in [0.1, 0.15) is 5.75 Å². The molecule has 148 valence electrons. The van der Waals surface area contributed by atoms with Crippen LogP contribution in [0.1, 0.15) is 54.9 Å². The van der Waals surface area contributed by atoms with E-state index in [0.29, 0.717) is 23.2 Å². The summed E-state index contributed by atoms with van der Waals surface area (Å²) in [5.41, 5.74) is 3.83. The molecule has 2 aromatic carbocycles. The summed E-state index contributed by atoms with van der Waals surface area (Å²) in [5.74, 6) is -0.411. The minimum Gasteiger partial charge on any atom is -0.507 e. The van der Waals surface area contributed by atoms with Crippen LogP contribution in [-0.4, -0.2) is 23.1 Å². The van der Waals surface area contributed by atoms with Crippen LogP contribution in [0.5, 0.6) is 5.75 Å². The molecule has 2 amide bonds. The van der Waals surface area contributed by atoms with Crippen molar-refractivity contribution in [2.75, 3.05) is 5.32 Å². The van der Waals surface area contributed by atoms with Gasteiger partial charge in [0.25, 0.3) is 5.91 Å². The van der Waals surface area contributed by atoms with E-state index in [1.54, 1.807) is 36.4 Å². The topological polar surface area (TPSA) is 90.8 Å². The molecule has 0 fully saturated rings. The third-order valence-electron chi connectivity index (χ3n) is 4.03. The third-order valence-corrected chi connectivity index (χ3v) is 4.52. The molecular weight excluding hydrogens is 422 g/mol. The van der Waals surface area contributed by atoms with Crippen molar-refractivity contribution in [3.05, 3.63) is 58.1 Å². The number of unbranched alkanes of at least 4 members (excludes halogenated alkanes) is 3. The normalized spacial score (nSPS) is 10.8. The average Bonchev–Trinajstić information content (AvgIpc) is 2.68. The summed E-state index contributed by atoms with van der Waals surface area (Å²) in [6.07, 6.45) is 5.98. The summed E-state index contributed by atoms with van der Waals surface area (Å²) in [7, 11) is 0. The van der Waals surface area contributed by atoms with Crippen molar-refractivity contribution in [2.45, 2.75) is 39.0 Å². The zero-order valence-electron chi connectivity index (χ0n) is 15.7. The molecule has 0 atom stereocenters. The molecule has 0 radical (unpaired) electrons. The minimum absolute atomic E-state index is 0.0585. The number of rotatable bonds is 9. The summed E-state index contributed by atoms with van der Waals surface area (Å²) >= 11 is 3.31. The van der Waals surface area contributed by atoms with Crippen molar-refractivity contribution in [1.29, 1.82) is 0 Å². The number of phenols is 1. The number of phenolic OH excluding ortho intramolecular Hbond substituents is 1. The van der Waals surface area contributed by atoms with Gasteiger partial charge in [-0.2, -0.15) is 5.10 Å². The van der Waals surface area contributed by atoms with Crippen molar-refractivity contribution in [3.63, 3.8) is 0 Å². The molecular formula is C21H24BrN3O3. The molecule has 2 aromatic rings. The molecule has 28 heavy (non-hydrogen) atoms. The molecule has 3 N–H and O–H groups in total. The van der Waals surface area contributed by atoms with Gasteiger partial charge in [0.2, 0.25) is 5.91 Å².